The van der Waals surface area contributed by atoms with Crippen LogP contribution in [0.4, 0.5) is 0 Å². The van der Waals surface area contributed by atoms with Gasteiger partial charge in [0.25, 0.3) is 0 Å². The van der Waals surface area contributed by atoms with Crippen LogP contribution in [0.3, 0.4) is 0 Å². The van der Waals surface area contributed by atoms with Gasteiger partial charge in [0, 0.05) is 33.3 Å². The molecule has 1 aliphatic heterocycles. The average molecular weight is 347 g/mol. The third-order valence-corrected chi connectivity index (χ3v) is 4.07. The van der Waals surface area contributed by atoms with Gasteiger partial charge in [-0.25, -0.2) is 0 Å². The number of benzene rings is 1. The maximum atomic E-state index is 12.2. The number of carbonyl (C=O) groups excluding carboxylic acids is 1. The number of carbonyl (C=O) groups is 1. The van der Waals surface area contributed by atoms with E-state index in [1.165, 1.54) is 0 Å². The quantitative estimate of drug-likeness (QED) is 0.736. The third-order valence-electron chi connectivity index (χ3n) is 4.07. The summed E-state index contributed by atoms with van der Waals surface area (Å²) in [7, 11) is 1.62. The van der Waals surface area contributed by atoms with Crippen LogP contribution in [0.2, 0.25) is 0 Å². The molecule has 0 aliphatic carbocycles. The number of methoxy groups -OCH3 is 1. The van der Waals surface area contributed by atoms with Gasteiger partial charge in [-0.1, -0.05) is 0 Å². The number of ether oxygens (including phenoxy) is 2. The number of aliphatic hydroxyl groups excluding tert-OH is 1. The van der Waals surface area contributed by atoms with Gasteiger partial charge in [-0.3, -0.25) is 9.69 Å². The second-order valence-corrected chi connectivity index (χ2v) is 6.06. The molecular formula is C18H25N3O4. The minimum absolute atomic E-state index is 0.0646. The van der Waals surface area contributed by atoms with E-state index in [4.69, 9.17) is 14.7 Å². The second kappa shape index (κ2) is 9.99. The van der Waals surface area contributed by atoms with Crippen molar-refractivity contribution < 1.29 is 19.4 Å². The van der Waals surface area contributed by atoms with Crippen LogP contribution in [0.25, 0.3) is 0 Å². The number of hydrogen-bond acceptors (Lipinski definition) is 6. The molecule has 1 aromatic carbocycles. The number of rotatable bonds is 8. The first-order valence-corrected chi connectivity index (χ1v) is 8.42. The number of nitrogens with zero attached hydrogens (tertiary/aromatic N) is 3. The molecule has 1 unspecified atom stereocenters. The van der Waals surface area contributed by atoms with Crippen LogP contribution in [0.5, 0.6) is 5.75 Å². The highest BCUT2D eigenvalue weighted by molar-refractivity contribution is 5.78. The Labute approximate surface area is 148 Å². The van der Waals surface area contributed by atoms with Gasteiger partial charge in [0.05, 0.1) is 24.8 Å². The first-order valence-electron chi connectivity index (χ1n) is 8.42. The van der Waals surface area contributed by atoms with Gasteiger partial charge in [0.1, 0.15) is 18.5 Å². The van der Waals surface area contributed by atoms with E-state index < -0.39 is 6.10 Å². The molecule has 1 heterocycles. The Morgan fingerprint density at radius 1 is 1.32 bits per heavy atom. The standard InChI is InChI=1S/C18H25N3O4/c1-24-10-9-21-8-2-7-20(13-18(21)23)12-16(22)14-25-17-5-3-15(11-19)4-6-17/h3-6,16,22H,2,7-10,12-14H2,1H3. The molecule has 1 amide bonds. The number of β-amino-alcohol motifs (C(OH)–C–C–N with tert-alkyl or cyclic N) is 1. The van der Waals surface area contributed by atoms with Crippen molar-refractivity contribution in [3.05, 3.63) is 29.8 Å². The lowest BCUT2D eigenvalue weighted by Crippen LogP contribution is -2.41. The van der Waals surface area contributed by atoms with Crippen molar-refractivity contribution in [3.63, 3.8) is 0 Å². The molecule has 1 fully saturated rings. The summed E-state index contributed by atoms with van der Waals surface area (Å²) in [4.78, 5) is 16.0. The first kappa shape index (κ1) is 19.2. The average Bonchev–Trinajstić information content (AvgIpc) is 2.79. The Bertz CT molecular complexity index is 585. The van der Waals surface area contributed by atoms with Crippen LogP contribution < -0.4 is 4.74 Å². The topological polar surface area (TPSA) is 86.0 Å². The highest BCUT2D eigenvalue weighted by Crippen LogP contribution is 2.12. The molecular weight excluding hydrogens is 322 g/mol. The van der Waals surface area contributed by atoms with Crippen LogP contribution >= 0.6 is 0 Å². The minimum Gasteiger partial charge on any atom is -0.491 e. The van der Waals surface area contributed by atoms with E-state index in [0.29, 0.717) is 37.6 Å². The summed E-state index contributed by atoms with van der Waals surface area (Å²) < 4.78 is 10.6. The predicted octanol–water partition coefficient (Wildman–Crippen LogP) is 0.479. The van der Waals surface area contributed by atoms with Crippen LogP contribution in [0.1, 0.15) is 12.0 Å². The minimum atomic E-state index is -0.686. The number of hydrogen-bond donors (Lipinski definition) is 1. The Morgan fingerprint density at radius 2 is 2.08 bits per heavy atom. The fourth-order valence-corrected chi connectivity index (χ4v) is 2.74. The summed E-state index contributed by atoms with van der Waals surface area (Å²) in [5.74, 6) is 0.672. The molecule has 1 saturated heterocycles. The lowest BCUT2D eigenvalue weighted by molar-refractivity contribution is -0.132. The number of amides is 1. The maximum absolute atomic E-state index is 12.2. The van der Waals surface area contributed by atoms with Crippen molar-refractivity contribution in [2.45, 2.75) is 12.5 Å². The van der Waals surface area contributed by atoms with Crippen molar-refractivity contribution in [2.75, 3.05) is 53.0 Å². The molecule has 1 atom stereocenters. The van der Waals surface area contributed by atoms with E-state index in [1.54, 1.807) is 31.4 Å². The van der Waals surface area contributed by atoms with Crippen molar-refractivity contribution >= 4 is 5.91 Å². The summed E-state index contributed by atoms with van der Waals surface area (Å²) in [5, 5.41) is 19.0. The van der Waals surface area contributed by atoms with E-state index in [1.807, 2.05) is 15.9 Å². The third kappa shape index (κ3) is 6.35. The molecule has 2 rings (SSSR count). The van der Waals surface area contributed by atoms with E-state index in [9.17, 15) is 9.90 Å². The number of nitriles is 1. The Balaban J connectivity index is 1.76. The second-order valence-electron chi connectivity index (χ2n) is 6.06. The van der Waals surface area contributed by atoms with E-state index >= 15 is 0 Å². The van der Waals surface area contributed by atoms with Gasteiger partial charge in [0.15, 0.2) is 0 Å². The molecule has 0 bridgehead atoms. The highest BCUT2D eigenvalue weighted by atomic mass is 16.5. The molecule has 7 nitrogen and oxygen atoms in total. The zero-order valence-corrected chi connectivity index (χ0v) is 14.6. The largest absolute Gasteiger partial charge is 0.491 e. The zero-order valence-electron chi connectivity index (χ0n) is 14.6. The molecule has 0 radical (unpaired) electrons. The highest BCUT2D eigenvalue weighted by Gasteiger charge is 2.23. The van der Waals surface area contributed by atoms with Crippen molar-refractivity contribution in [3.8, 4) is 11.8 Å². The molecule has 0 aromatic heterocycles. The summed E-state index contributed by atoms with van der Waals surface area (Å²) in [6, 6.07) is 8.79. The first-order chi connectivity index (χ1) is 12.1. The summed E-state index contributed by atoms with van der Waals surface area (Å²) >= 11 is 0. The number of aliphatic hydroxyl groups is 1. The monoisotopic (exact) mass is 347 g/mol. The smallest absolute Gasteiger partial charge is 0.236 e. The van der Waals surface area contributed by atoms with Gasteiger partial charge >= 0.3 is 0 Å². The fourth-order valence-electron chi connectivity index (χ4n) is 2.74. The van der Waals surface area contributed by atoms with E-state index in [0.717, 1.165) is 19.5 Å². The van der Waals surface area contributed by atoms with E-state index in [2.05, 4.69) is 0 Å². The van der Waals surface area contributed by atoms with Crippen molar-refractivity contribution in [1.82, 2.24) is 9.80 Å². The van der Waals surface area contributed by atoms with Gasteiger partial charge in [0.2, 0.25) is 5.91 Å². The fraction of sp³-hybridized carbons (Fsp3) is 0.556. The zero-order chi connectivity index (χ0) is 18.1. The Morgan fingerprint density at radius 3 is 2.76 bits per heavy atom. The van der Waals surface area contributed by atoms with Crippen LogP contribution in [-0.4, -0.2) is 80.0 Å². The van der Waals surface area contributed by atoms with E-state index in [-0.39, 0.29) is 12.5 Å². The SMILES string of the molecule is COCCN1CCCN(CC(O)COc2ccc(C#N)cc2)CC1=O. The van der Waals surface area contributed by atoms with Crippen LogP contribution in [0.15, 0.2) is 24.3 Å². The molecule has 0 saturated carbocycles. The van der Waals surface area contributed by atoms with Gasteiger partial charge in [-0.2, -0.15) is 5.26 Å². The summed E-state index contributed by atoms with van der Waals surface area (Å²) in [6.07, 6.45) is 0.188. The van der Waals surface area contributed by atoms with Crippen molar-refractivity contribution in [2.24, 2.45) is 0 Å². The molecule has 1 N–H and O–H groups in total. The van der Waals surface area contributed by atoms with Crippen molar-refractivity contribution in [1.29, 1.82) is 5.26 Å². The van der Waals surface area contributed by atoms with Gasteiger partial charge in [-0.15, -0.1) is 0 Å². The summed E-state index contributed by atoms with van der Waals surface area (Å²) in [6.45, 7) is 3.46. The summed E-state index contributed by atoms with van der Waals surface area (Å²) in [5.41, 5.74) is 0.564. The molecule has 25 heavy (non-hydrogen) atoms. The normalized spacial score (nSPS) is 17.0. The lowest BCUT2D eigenvalue weighted by Gasteiger charge is -2.23. The Hall–Kier alpha value is -2.14. The lowest BCUT2D eigenvalue weighted by atomic mass is 10.2. The maximum Gasteiger partial charge on any atom is 0.236 e. The van der Waals surface area contributed by atoms with Crippen LogP contribution in [-0.2, 0) is 9.53 Å². The molecule has 1 aromatic rings. The van der Waals surface area contributed by atoms with Gasteiger partial charge in [-0.05, 0) is 30.7 Å². The Kier molecular flexibility index (Phi) is 7.67. The van der Waals surface area contributed by atoms with Crippen LogP contribution in [0, 0.1) is 11.3 Å². The predicted molar refractivity (Wildman–Crippen MR) is 92.2 cm³/mol. The van der Waals surface area contributed by atoms with Gasteiger partial charge < -0.3 is 19.5 Å². The molecule has 0 spiro atoms. The molecule has 1 aliphatic rings. The molecule has 7 heteroatoms. The molecule has 136 valence electrons.